The molecule has 0 unspecified atom stereocenters. The Morgan fingerprint density at radius 3 is 2.65 bits per heavy atom. The molecule has 4 fully saturated rings. The van der Waals surface area contributed by atoms with E-state index in [2.05, 4.69) is 20.0 Å². The van der Waals surface area contributed by atoms with Gasteiger partial charge in [0, 0.05) is 38.3 Å². The Balaban J connectivity index is 1.21. The van der Waals surface area contributed by atoms with E-state index in [-0.39, 0.29) is 25.3 Å². The quantitative estimate of drug-likeness (QED) is 0.251. The molecular weight excluding hydrogens is 434 g/mol. The lowest BCUT2D eigenvalue weighted by molar-refractivity contribution is -0.139. The van der Waals surface area contributed by atoms with Crippen molar-refractivity contribution in [1.29, 1.82) is 0 Å². The van der Waals surface area contributed by atoms with Gasteiger partial charge in [-0.1, -0.05) is 0 Å². The molecule has 4 aliphatic rings. The van der Waals surface area contributed by atoms with E-state index in [1.807, 2.05) is 0 Å². The van der Waals surface area contributed by atoms with Crippen molar-refractivity contribution in [2.24, 2.45) is 0 Å². The van der Waals surface area contributed by atoms with Crippen LogP contribution in [0.1, 0.15) is 32.1 Å². The molecule has 4 atom stereocenters. The van der Waals surface area contributed by atoms with Gasteiger partial charge in [-0.2, -0.15) is 13.5 Å². The smallest absolute Gasteiger partial charge is 0.393 e. The number of nitrogens with zero attached hydrogens (tertiary/aromatic N) is 3. The van der Waals surface area contributed by atoms with Crippen LogP contribution in [0.3, 0.4) is 0 Å². The summed E-state index contributed by atoms with van der Waals surface area (Å²) < 4.78 is 35.1. The summed E-state index contributed by atoms with van der Waals surface area (Å²) in [6.07, 6.45) is 2.93. The minimum absolute atomic E-state index is 0.0833. The molecule has 0 aromatic heterocycles. The fourth-order valence-corrected chi connectivity index (χ4v) is 5.23. The van der Waals surface area contributed by atoms with Gasteiger partial charge in [-0.3, -0.25) is 19.1 Å². The molecule has 13 nitrogen and oxygen atoms in total. The maximum Gasteiger partial charge on any atom is 0.418 e. The molecule has 4 N–H and O–H groups in total. The largest absolute Gasteiger partial charge is 0.418 e. The summed E-state index contributed by atoms with van der Waals surface area (Å²) in [5.74, 6) is -0.486. The van der Waals surface area contributed by atoms with Gasteiger partial charge in [0.05, 0.1) is 18.8 Å². The number of amides is 3. The lowest BCUT2D eigenvalue weighted by atomic mass is 10.0. The van der Waals surface area contributed by atoms with Crippen molar-refractivity contribution < 1.29 is 36.8 Å². The number of carbonyl (C=O) groups excluding carboxylic acids is 2. The number of rotatable bonds is 7. The molecule has 4 rings (SSSR count). The molecule has 0 spiro atoms. The molecular formula is C17H29N5O8S. The third-order valence-corrected chi connectivity index (χ3v) is 6.82. The lowest BCUT2D eigenvalue weighted by Gasteiger charge is -2.34. The number of urea groups is 1. The zero-order valence-corrected chi connectivity index (χ0v) is 17.9. The first-order valence-electron chi connectivity index (χ1n) is 10.6. The molecule has 31 heavy (non-hydrogen) atoms. The number of piperidine rings is 2. The molecule has 0 aliphatic carbocycles. The highest BCUT2D eigenvalue weighted by Gasteiger charge is 2.49. The summed E-state index contributed by atoms with van der Waals surface area (Å²) in [7, 11) is -4.83. The summed E-state index contributed by atoms with van der Waals surface area (Å²) in [5.41, 5.74) is 2.40. The number of aliphatic hydroxyl groups is 1. The average Bonchev–Trinajstić information content (AvgIpc) is 3.27. The normalized spacial score (nSPS) is 32.6. The number of hydrogen-bond acceptors (Lipinski definition) is 9. The highest BCUT2D eigenvalue weighted by atomic mass is 32.3. The van der Waals surface area contributed by atoms with E-state index in [1.54, 1.807) is 0 Å². The third kappa shape index (κ3) is 5.27. The van der Waals surface area contributed by atoms with Gasteiger partial charge in [-0.15, -0.1) is 4.28 Å². The second kappa shape index (κ2) is 9.13. The average molecular weight is 464 g/mol. The predicted molar refractivity (Wildman–Crippen MR) is 104 cm³/mol. The van der Waals surface area contributed by atoms with Crippen molar-refractivity contribution >= 4 is 22.3 Å². The van der Waals surface area contributed by atoms with Crippen LogP contribution in [0.5, 0.6) is 0 Å². The van der Waals surface area contributed by atoms with E-state index < -0.39 is 34.4 Å². The summed E-state index contributed by atoms with van der Waals surface area (Å²) in [6.45, 7) is 2.99. The predicted octanol–water partition coefficient (Wildman–Crippen LogP) is -1.78. The van der Waals surface area contributed by atoms with Crippen LogP contribution in [0, 0.1) is 0 Å². The summed E-state index contributed by atoms with van der Waals surface area (Å²) in [5, 5.41) is 13.6. The molecule has 176 valence electrons. The van der Waals surface area contributed by atoms with Crippen LogP contribution in [0.2, 0.25) is 0 Å². The fraction of sp³-hybridized carbons (Fsp3) is 0.882. The molecule has 14 heteroatoms. The van der Waals surface area contributed by atoms with Gasteiger partial charge in [-0.05, 0) is 32.1 Å². The maximum absolute atomic E-state index is 12.5. The Morgan fingerprint density at radius 2 is 1.94 bits per heavy atom. The van der Waals surface area contributed by atoms with Crippen molar-refractivity contribution in [3.05, 3.63) is 0 Å². The third-order valence-electron chi connectivity index (χ3n) is 6.47. The first-order valence-corrected chi connectivity index (χ1v) is 11.9. The van der Waals surface area contributed by atoms with E-state index in [4.69, 9.17) is 9.39 Å². The van der Waals surface area contributed by atoms with Crippen LogP contribution in [0.15, 0.2) is 0 Å². The summed E-state index contributed by atoms with van der Waals surface area (Å²) >= 11 is 0. The van der Waals surface area contributed by atoms with Gasteiger partial charge in [0.1, 0.15) is 6.04 Å². The minimum Gasteiger partial charge on any atom is -0.393 e. The van der Waals surface area contributed by atoms with E-state index in [0.29, 0.717) is 23.9 Å². The van der Waals surface area contributed by atoms with Gasteiger partial charge < -0.3 is 15.3 Å². The Labute approximate surface area is 180 Å². The number of fused-ring (bicyclic) bond motifs is 2. The van der Waals surface area contributed by atoms with Crippen LogP contribution < -0.4 is 10.8 Å². The Bertz CT molecular complexity index is 789. The second-order valence-corrected chi connectivity index (χ2v) is 9.55. The molecule has 0 aromatic carbocycles. The zero-order chi connectivity index (χ0) is 22.2. The van der Waals surface area contributed by atoms with E-state index in [1.165, 1.54) is 4.90 Å². The van der Waals surface area contributed by atoms with E-state index in [0.717, 1.165) is 38.9 Å². The molecule has 0 aromatic rings. The maximum atomic E-state index is 12.5. The minimum atomic E-state index is -4.83. The highest BCUT2D eigenvalue weighted by Crippen LogP contribution is 2.30. The number of hydroxylamine groups is 3. The summed E-state index contributed by atoms with van der Waals surface area (Å²) in [4.78, 5) is 33.9. The number of nitrogens with one attached hydrogen (secondary N) is 2. The molecule has 4 heterocycles. The summed E-state index contributed by atoms with van der Waals surface area (Å²) in [6, 6.07) is -1.67. The fourth-order valence-electron chi connectivity index (χ4n) is 4.84. The Morgan fingerprint density at radius 1 is 1.19 bits per heavy atom. The number of carbonyl (C=O) groups is 2. The standard InChI is InChI=1S/C17H29N5O8S/c23-14-3-5-20(6-4-14)13-7-11(18-8-13)10-29-19-16(24)15-2-1-12-9-21(15)17(25)22(12)30-31(26,27)28/h11-15,18,23H,1-10H2,(H,19,24)(H,26,27,28)/t11-,12-,13-,15+/m1/s1. The monoisotopic (exact) mass is 463 g/mol. The SMILES string of the molecule is O=C(NOC[C@H]1C[C@@H](N2CCC(O)CC2)CN1)[C@@H]1CC[C@@H]2CN1C(=O)N2OS(=O)(=O)O. The molecule has 0 radical (unpaired) electrons. The van der Waals surface area contributed by atoms with Crippen molar-refractivity contribution in [3.63, 3.8) is 0 Å². The van der Waals surface area contributed by atoms with Crippen LogP contribution in [0.25, 0.3) is 0 Å². The van der Waals surface area contributed by atoms with Crippen LogP contribution in [0.4, 0.5) is 4.79 Å². The first-order chi connectivity index (χ1) is 14.7. The van der Waals surface area contributed by atoms with E-state index in [9.17, 15) is 23.1 Å². The van der Waals surface area contributed by atoms with Gasteiger partial charge in [0.15, 0.2) is 0 Å². The highest BCUT2D eigenvalue weighted by molar-refractivity contribution is 7.80. The van der Waals surface area contributed by atoms with Crippen LogP contribution in [-0.2, 0) is 24.3 Å². The number of likely N-dealkylation sites (tertiary alicyclic amines) is 1. The molecule has 4 aliphatic heterocycles. The van der Waals surface area contributed by atoms with Gasteiger partial charge >= 0.3 is 16.4 Å². The van der Waals surface area contributed by atoms with Gasteiger partial charge in [-0.25, -0.2) is 10.3 Å². The van der Waals surface area contributed by atoms with Crippen molar-refractivity contribution in [1.82, 2.24) is 25.7 Å². The number of aliphatic hydroxyl groups excluding tert-OH is 1. The Hall–Kier alpha value is -1.55. The van der Waals surface area contributed by atoms with Crippen molar-refractivity contribution in [2.75, 3.05) is 32.8 Å². The van der Waals surface area contributed by atoms with Crippen molar-refractivity contribution in [3.8, 4) is 0 Å². The first kappa shape index (κ1) is 22.6. The molecule has 3 amide bonds. The molecule has 2 bridgehead atoms. The van der Waals surface area contributed by atoms with Crippen LogP contribution >= 0.6 is 0 Å². The van der Waals surface area contributed by atoms with E-state index >= 15 is 0 Å². The van der Waals surface area contributed by atoms with Crippen LogP contribution in [-0.4, -0.2) is 108 Å². The second-order valence-electron chi connectivity index (χ2n) is 8.55. The molecule has 0 saturated carbocycles. The van der Waals surface area contributed by atoms with Gasteiger partial charge in [0.2, 0.25) is 0 Å². The van der Waals surface area contributed by atoms with Crippen molar-refractivity contribution in [2.45, 2.75) is 62.4 Å². The van der Waals surface area contributed by atoms with Gasteiger partial charge in [0.25, 0.3) is 5.91 Å². The molecule has 4 saturated heterocycles. The Kier molecular flexibility index (Phi) is 6.67. The lowest BCUT2D eigenvalue weighted by Crippen LogP contribution is -2.50. The zero-order valence-electron chi connectivity index (χ0n) is 17.1. The number of hydrogen-bond donors (Lipinski definition) is 4. The topological polar surface area (TPSA) is 161 Å².